The summed E-state index contributed by atoms with van der Waals surface area (Å²) in [7, 11) is 2.89. The van der Waals surface area contributed by atoms with Crippen LogP contribution in [0.15, 0.2) is 53.6 Å². The molecule has 2 aliphatic carbocycles. The quantitative estimate of drug-likeness (QED) is 0.297. The Hall–Kier alpha value is -1.92. The molecule has 27 heavy (non-hydrogen) atoms. The predicted octanol–water partition coefficient (Wildman–Crippen LogP) is 5.97. The summed E-state index contributed by atoms with van der Waals surface area (Å²) in [5.41, 5.74) is 13.9. The van der Waals surface area contributed by atoms with Crippen LogP contribution < -0.4 is 5.73 Å². The van der Waals surface area contributed by atoms with Crippen LogP contribution in [-0.2, 0) is 4.79 Å². The number of anilines is 1. The highest BCUT2D eigenvalue weighted by atomic mass is 31.0. The van der Waals surface area contributed by atoms with E-state index in [1.165, 1.54) is 43.0 Å². The maximum atomic E-state index is 11.3. The van der Waals surface area contributed by atoms with Crippen molar-refractivity contribution in [3.8, 4) is 0 Å². The first-order chi connectivity index (χ1) is 13.2. The topological polar surface area (TPSA) is 43.1 Å². The molecule has 0 bridgehead atoms. The van der Waals surface area contributed by atoms with Crippen molar-refractivity contribution in [1.29, 1.82) is 0 Å². The van der Waals surface area contributed by atoms with Crippen LogP contribution in [0.3, 0.4) is 0 Å². The summed E-state index contributed by atoms with van der Waals surface area (Å²) in [5, 5.41) is 0. The minimum Gasteiger partial charge on any atom is -0.398 e. The third-order valence-electron chi connectivity index (χ3n) is 5.75. The molecule has 2 nitrogen and oxygen atoms in total. The lowest BCUT2D eigenvalue weighted by Crippen LogP contribution is -2.10. The molecule has 3 heteroatoms. The number of nitrogen functional groups attached to an aromatic ring is 1. The molecular weight excluding hydrogens is 349 g/mol. The molecule has 1 aromatic rings. The van der Waals surface area contributed by atoms with Crippen molar-refractivity contribution in [3.63, 3.8) is 0 Å². The molecule has 0 amide bonds. The maximum Gasteiger partial charge on any atom is 0.150 e. The number of aldehydes is 1. The third kappa shape index (κ3) is 4.68. The van der Waals surface area contributed by atoms with Gasteiger partial charge in [-0.2, -0.15) is 0 Å². The number of allylic oxidation sites excluding steroid dienone is 8. The Kier molecular flexibility index (Phi) is 6.85. The summed E-state index contributed by atoms with van der Waals surface area (Å²) in [6.45, 7) is 2.02. The van der Waals surface area contributed by atoms with Crippen LogP contribution in [0.2, 0.25) is 0 Å². The molecule has 142 valence electrons. The van der Waals surface area contributed by atoms with Crippen LogP contribution in [0, 0.1) is 5.92 Å². The average Bonchev–Trinajstić information content (AvgIpc) is 2.72. The number of rotatable bonds is 5. The number of benzene rings is 1. The van der Waals surface area contributed by atoms with Crippen molar-refractivity contribution in [2.24, 2.45) is 5.92 Å². The van der Waals surface area contributed by atoms with Gasteiger partial charge < -0.3 is 5.73 Å². The minimum atomic E-state index is 0.661. The van der Waals surface area contributed by atoms with E-state index in [4.69, 9.17) is 5.73 Å². The molecular formula is C24H30NOP. The van der Waals surface area contributed by atoms with Gasteiger partial charge in [-0.05, 0) is 73.4 Å². The van der Waals surface area contributed by atoms with E-state index in [1.54, 1.807) is 5.57 Å². The van der Waals surface area contributed by atoms with Gasteiger partial charge in [-0.3, -0.25) is 4.79 Å². The lowest BCUT2D eigenvalue weighted by Gasteiger charge is -2.25. The molecule has 1 saturated carbocycles. The monoisotopic (exact) mass is 379 g/mol. The van der Waals surface area contributed by atoms with E-state index < -0.39 is 0 Å². The molecule has 1 aromatic carbocycles. The van der Waals surface area contributed by atoms with Gasteiger partial charge in [-0.15, -0.1) is 9.24 Å². The molecule has 2 aliphatic rings. The molecule has 2 N–H and O–H groups in total. The second-order valence-electron chi connectivity index (χ2n) is 7.49. The molecule has 0 spiro atoms. The van der Waals surface area contributed by atoms with Gasteiger partial charge in [0.1, 0.15) is 6.29 Å². The van der Waals surface area contributed by atoms with Gasteiger partial charge >= 0.3 is 0 Å². The summed E-state index contributed by atoms with van der Waals surface area (Å²) < 4.78 is 0. The highest BCUT2D eigenvalue weighted by molar-refractivity contribution is 7.16. The van der Waals surface area contributed by atoms with Gasteiger partial charge in [0.15, 0.2) is 0 Å². The first-order valence-electron chi connectivity index (χ1n) is 10.0. The fourth-order valence-corrected chi connectivity index (χ4v) is 4.52. The van der Waals surface area contributed by atoms with Gasteiger partial charge in [0.2, 0.25) is 0 Å². The predicted molar refractivity (Wildman–Crippen MR) is 120 cm³/mol. The van der Waals surface area contributed by atoms with Crippen LogP contribution >= 0.6 is 9.24 Å². The van der Waals surface area contributed by atoms with Crippen LogP contribution in [0.5, 0.6) is 0 Å². The number of nitrogens with two attached hydrogens (primary N) is 1. The molecule has 3 rings (SSSR count). The Balaban J connectivity index is 1.75. The van der Waals surface area contributed by atoms with E-state index in [9.17, 15) is 4.79 Å². The van der Waals surface area contributed by atoms with E-state index in [0.717, 1.165) is 36.2 Å². The van der Waals surface area contributed by atoms with Crippen molar-refractivity contribution in [3.05, 3.63) is 64.8 Å². The van der Waals surface area contributed by atoms with Crippen molar-refractivity contribution >= 4 is 32.4 Å². The lowest BCUT2D eigenvalue weighted by atomic mass is 9.82. The number of hydrogen-bond acceptors (Lipinski definition) is 2. The second kappa shape index (κ2) is 9.33. The van der Waals surface area contributed by atoms with Gasteiger partial charge in [-0.1, -0.05) is 48.9 Å². The van der Waals surface area contributed by atoms with E-state index in [0.29, 0.717) is 11.3 Å². The van der Waals surface area contributed by atoms with Gasteiger partial charge in [0, 0.05) is 16.8 Å². The first-order valence-corrected chi connectivity index (χ1v) is 10.8. The SMILES string of the molecule is CC/C=C(/C=O)c1ccc(C2=CCC(=C3CCC(CP)CC3)C=C2)cc1N. The molecule has 0 aromatic heterocycles. The summed E-state index contributed by atoms with van der Waals surface area (Å²) in [4.78, 5) is 11.3. The zero-order chi connectivity index (χ0) is 19.2. The molecule has 0 heterocycles. The summed E-state index contributed by atoms with van der Waals surface area (Å²) >= 11 is 0. The highest BCUT2D eigenvalue weighted by Gasteiger charge is 2.18. The van der Waals surface area contributed by atoms with Gasteiger partial charge in [-0.25, -0.2) is 0 Å². The molecule has 0 radical (unpaired) electrons. The van der Waals surface area contributed by atoms with Crippen LogP contribution in [-0.4, -0.2) is 12.4 Å². The fraction of sp³-hybridized carbons (Fsp3) is 0.375. The second-order valence-corrected chi connectivity index (χ2v) is 7.96. The Morgan fingerprint density at radius 1 is 1.26 bits per heavy atom. The van der Waals surface area contributed by atoms with E-state index in [2.05, 4.69) is 33.5 Å². The highest BCUT2D eigenvalue weighted by Crippen LogP contribution is 2.35. The zero-order valence-electron chi connectivity index (χ0n) is 16.2. The summed E-state index contributed by atoms with van der Waals surface area (Å²) in [6, 6.07) is 6.02. The lowest BCUT2D eigenvalue weighted by molar-refractivity contribution is -0.103. The Morgan fingerprint density at radius 3 is 2.59 bits per heavy atom. The van der Waals surface area contributed by atoms with Crippen molar-refractivity contribution in [2.45, 2.75) is 45.4 Å². The largest absolute Gasteiger partial charge is 0.398 e. The third-order valence-corrected chi connectivity index (χ3v) is 6.42. The van der Waals surface area contributed by atoms with Crippen LogP contribution in [0.25, 0.3) is 11.1 Å². The number of hydrogen-bond donors (Lipinski definition) is 1. The van der Waals surface area contributed by atoms with Crippen LogP contribution in [0.1, 0.15) is 56.6 Å². The average molecular weight is 379 g/mol. The molecule has 1 atom stereocenters. The fourth-order valence-electron chi connectivity index (χ4n) is 4.05. The first kappa shape index (κ1) is 19.8. The summed E-state index contributed by atoms with van der Waals surface area (Å²) in [6.07, 6.45) is 17.8. The van der Waals surface area contributed by atoms with Crippen LogP contribution in [0.4, 0.5) is 5.69 Å². The smallest absolute Gasteiger partial charge is 0.150 e. The molecule has 1 fully saturated rings. The summed E-state index contributed by atoms with van der Waals surface area (Å²) in [5.74, 6) is 0.887. The van der Waals surface area contributed by atoms with Crippen molar-refractivity contribution < 1.29 is 4.79 Å². The minimum absolute atomic E-state index is 0.661. The Morgan fingerprint density at radius 2 is 2.04 bits per heavy atom. The number of carbonyl (C=O) groups is 1. The Labute approximate surface area is 165 Å². The molecule has 1 unspecified atom stereocenters. The van der Waals surface area contributed by atoms with Crippen molar-refractivity contribution in [2.75, 3.05) is 11.9 Å². The van der Waals surface area contributed by atoms with Gasteiger partial charge in [0.05, 0.1) is 0 Å². The van der Waals surface area contributed by atoms with E-state index >= 15 is 0 Å². The van der Waals surface area contributed by atoms with Gasteiger partial charge in [0.25, 0.3) is 0 Å². The Bertz CT molecular complexity index is 819. The standard InChI is InChI=1S/C24H30NOP/c1-2-3-22(15-26)23-13-12-21(14-24(23)25)20-10-8-19(9-11-20)18-6-4-17(16-27)5-7-18/h3,8,10-15,17H,2,4-7,9,16,25,27H2,1H3/b19-18?,22-3-. The number of carbonyl (C=O) groups excluding carboxylic acids is 1. The maximum absolute atomic E-state index is 11.3. The molecule has 0 saturated heterocycles. The van der Waals surface area contributed by atoms with E-state index in [1.807, 2.05) is 25.1 Å². The normalized spacial score (nSPS) is 20.6. The van der Waals surface area contributed by atoms with Crippen molar-refractivity contribution in [1.82, 2.24) is 0 Å². The van der Waals surface area contributed by atoms with E-state index in [-0.39, 0.29) is 0 Å². The zero-order valence-corrected chi connectivity index (χ0v) is 17.4. The molecule has 0 aliphatic heterocycles.